The summed E-state index contributed by atoms with van der Waals surface area (Å²) in [5, 5.41) is 10.2. The van der Waals surface area contributed by atoms with Gasteiger partial charge < -0.3 is 14.7 Å². The van der Waals surface area contributed by atoms with Gasteiger partial charge in [-0.3, -0.25) is 9.59 Å². The van der Waals surface area contributed by atoms with Gasteiger partial charge in [-0.25, -0.2) is 0 Å². The number of aryl methyl sites for hydroxylation is 1. The molecule has 0 radical (unpaired) electrons. The Morgan fingerprint density at radius 1 is 1.35 bits per heavy atom. The zero-order valence-corrected chi connectivity index (χ0v) is 13.4. The van der Waals surface area contributed by atoms with Crippen LogP contribution >= 0.6 is 0 Å². The fourth-order valence-electron chi connectivity index (χ4n) is 3.30. The van der Waals surface area contributed by atoms with E-state index in [1.54, 1.807) is 4.90 Å². The molecule has 0 bridgehead atoms. The van der Waals surface area contributed by atoms with E-state index in [1.165, 1.54) is 6.92 Å². The molecule has 122 valence electrons. The minimum atomic E-state index is -0.537. The molecule has 1 N–H and O–H groups in total. The van der Waals surface area contributed by atoms with E-state index in [2.05, 4.69) is 0 Å². The van der Waals surface area contributed by atoms with Gasteiger partial charge in [0.15, 0.2) is 11.5 Å². The number of Topliss-reactive ketones (excluding diaryl/α,β-unsaturated/α-hetero) is 1. The van der Waals surface area contributed by atoms with Crippen molar-refractivity contribution in [2.24, 2.45) is 0 Å². The summed E-state index contributed by atoms with van der Waals surface area (Å²) in [5.41, 5.74) is 2.11. The molecule has 1 saturated heterocycles. The maximum atomic E-state index is 12.5. The van der Waals surface area contributed by atoms with Crippen LogP contribution in [0.5, 0.6) is 0 Å². The van der Waals surface area contributed by atoms with Crippen LogP contribution in [0.25, 0.3) is 0 Å². The summed E-state index contributed by atoms with van der Waals surface area (Å²) in [6, 6.07) is 7.15. The minimum Gasteiger partial charge on any atom is -0.503 e. The third-order valence-electron chi connectivity index (χ3n) is 4.50. The molecular formula is C18H21NO4. The van der Waals surface area contributed by atoms with Crippen molar-refractivity contribution in [3.05, 3.63) is 46.7 Å². The molecule has 0 unspecified atom stereocenters. The first kappa shape index (κ1) is 15.7. The van der Waals surface area contributed by atoms with Crippen LogP contribution < -0.4 is 0 Å². The highest BCUT2D eigenvalue weighted by atomic mass is 16.5. The van der Waals surface area contributed by atoms with Gasteiger partial charge in [-0.05, 0) is 32.3 Å². The van der Waals surface area contributed by atoms with E-state index in [4.69, 9.17) is 4.74 Å². The molecule has 2 heterocycles. The lowest BCUT2D eigenvalue weighted by molar-refractivity contribution is -0.131. The molecule has 0 saturated carbocycles. The first-order chi connectivity index (χ1) is 11.0. The average molecular weight is 315 g/mol. The zero-order valence-electron chi connectivity index (χ0n) is 13.4. The van der Waals surface area contributed by atoms with Crippen LogP contribution in [-0.4, -0.2) is 41.0 Å². The van der Waals surface area contributed by atoms with Gasteiger partial charge in [-0.15, -0.1) is 0 Å². The number of ether oxygens (including phenoxy) is 1. The molecule has 23 heavy (non-hydrogen) atoms. The molecule has 0 spiro atoms. The number of aliphatic hydroxyl groups excluding tert-OH is 1. The largest absolute Gasteiger partial charge is 0.503 e. The van der Waals surface area contributed by atoms with E-state index in [0.29, 0.717) is 13.2 Å². The van der Waals surface area contributed by atoms with Crippen LogP contribution in [0.15, 0.2) is 35.6 Å². The van der Waals surface area contributed by atoms with Gasteiger partial charge in [-0.1, -0.05) is 29.8 Å². The lowest BCUT2D eigenvalue weighted by Crippen LogP contribution is -2.37. The van der Waals surface area contributed by atoms with Gasteiger partial charge in [0.05, 0.1) is 17.7 Å². The van der Waals surface area contributed by atoms with Crippen molar-refractivity contribution in [3.63, 3.8) is 0 Å². The van der Waals surface area contributed by atoms with E-state index >= 15 is 0 Å². The highest BCUT2D eigenvalue weighted by Gasteiger charge is 2.43. The molecule has 2 aliphatic heterocycles. The monoisotopic (exact) mass is 315 g/mol. The minimum absolute atomic E-state index is 0.0361. The van der Waals surface area contributed by atoms with Crippen molar-refractivity contribution in [3.8, 4) is 0 Å². The Kier molecular flexibility index (Phi) is 4.22. The third-order valence-corrected chi connectivity index (χ3v) is 4.50. The third kappa shape index (κ3) is 2.88. The lowest BCUT2D eigenvalue weighted by atomic mass is 9.96. The van der Waals surface area contributed by atoms with Crippen LogP contribution in [-0.2, 0) is 14.3 Å². The molecular weight excluding hydrogens is 294 g/mol. The normalized spacial score (nSPS) is 24.6. The molecule has 5 nitrogen and oxygen atoms in total. The summed E-state index contributed by atoms with van der Waals surface area (Å²) in [7, 11) is 0. The Labute approximate surface area is 135 Å². The number of ketones is 1. The van der Waals surface area contributed by atoms with Gasteiger partial charge in [0.25, 0.3) is 5.91 Å². The molecule has 1 fully saturated rings. The number of hydrogen-bond donors (Lipinski definition) is 1. The van der Waals surface area contributed by atoms with Crippen LogP contribution in [0.4, 0.5) is 0 Å². The molecule has 2 atom stereocenters. The highest BCUT2D eigenvalue weighted by Crippen LogP contribution is 2.38. The Morgan fingerprint density at radius 3 is 2.61 bits per heavy atom. The Hall–Kier alpha value is -2.14. The SMILES string of the molecule is CC(=O)C1=C(O)C(=O)N(C[C@@H]2CCCO2)[C@@H]1c1ccc(C)cc1. The van der Waals surface area contributed by atoms with Gasteiger partial charge >= 0.3 is 0 Å². The predicted octanol–water partition coefficient (Wildman–Crippen LogP) is 2.46. The van der Waals surface area contributed by atoms with Crippen molar-refractivity contribution in [2.75, 3.05) is 13.2 Å². The van der Waals surface area contributed by atoms with Gasteiger partial charge in [0.1, 0.15) is 0 Å². The molecule has 2 aliphatic rings. The van der Waals surface area contributed by atoms with E-state index < -0.39 is 17.7 Å². The summed E-state index contributed by atoms with van der Waals surface area (Å²) >= 11 is 0. The number of carbonyl (C=O) groups excluding carboxylic acids is 2. The van der Waals surface area contributed by atoms with Crippen LogP contribution in [0.1, 0.15) is 36.9 Å². The number of carbonyl (C=O) groups is 2. The van der Waals surface area contributed by atoms with Gasteiger partial charge in [0, 0.05) is 13.2 Å². The number of hydrogen-bond acceptors (Lipinski definition) is 4. The van der Waals surface area contributed by atoms with Crippen LogP contribution in [0.2, 0.25) is 0 Å². The van der Waals surface area contributed by atoms with Crippen molar-refractivity contribution in [1.29, 1.82) is 0 Å². The molecule has 0 aromatic heterocycles. The number of rotatable bonds is 4. The molecule has 5 heteroatoms. The Bertz CT molecular complexity index is 656. The second-order valence-corrected chi connectivity index (χ2v) is 6.22. The average Bonchev–Trinajstić information content (AvgIpc) is 3.10. The topological polar surface area (TPSA) is 66.8 Å². The van der Waals surface area contributed by atoms with E-state index in [1.807, 2.05) is 31.2 Å². The van der Waals surface area contributed by atoms with Crippen LogP contribution in [0.3, 0.4) is 0 Å². The van der Waals surface area contributed by atoms with Gasteiger partial charge in [0.2, 0.25) is 0 Å². The summed E-state index contributed by atoms with van der Waals surface area (Å²) < 4.78 is 5.62. The first-order valence-electron chi connectivity index (χ1n) is 7.92. The fraction of sp³-hybridized carbons (Fsp3) is 0.444. The number of nitrogens with zero attached hydrogens (tertiary/aromatic N) is 1. The predicted molar refractivity (Wildman–Crippen MR) is 84.9 cm³/mol. The van der Waals surface area contributed by atoms with Gasteiger partial charge in [-0.2, -0.15) is 0 Å². The summed E-state index contributed by atoms with van der Waals surface area (Å²) in [6.45, 7) is 4.45. The molecule has 1 aromatic carbocycles. The zero-order chi connectivity index (χ0) is 16.6. The smallest absolute Gasteiger partial charge is 0.290 e. The quantitative estimate of drug-likeness (QED) is 0.927. The number of amides is 1. The molecule has 3 rings (SSSR count). The fourth-order valence-corrected chi connectivity index (χ4v) is 3.30. The van der Waals surface area contributed by atoms with E-state index in [9.17, 15) is 14.7 Å². The Morgan fingerprint density at radius 2 is 2.04 bits per heavy atom. The number of aliphatic hydroxyl groups is 1. The molecule has 1 aromatic rings. The molecule has 1 amide bonds. The van der Waals surface area contributed by atoms with E-state index in [-0.39, 0.29) is 17.5 Å². The number of benzene rings is 1. The Balaban J connectivity index is 1.98. The highest BCUT2D eigenvalue weighted by molar-refractivity contribution is 6.08. The van der Waals surface area contributed by atoms with Crippen LogP contribution in [0, 0.1) is 6.92 Å². The van der Waals surface area contributed by atoms with Crippen molar-refractivity contribution in [1.82, 2.24) is 4.90 Å². The van der Waals surface area contributed by atoms with Crippen molar-refractivity contribution >= 4 is 11.7 Å². The summed E-state index contributed by atoms with van der Waals surface area (Å²) in [5.74, 6) is -1.20. The lowest BCUT2D eigenvalue weighted by Gasteiger charge is -2.28. The summed E-state index contributed by atoms with van der Waals surface area (Å²) in [6.07, 6.45) is 1.83. The second-order valence-electron chi connectivity index (χ2n) is 6.22. The molecule has 0 aliphatic carbocycles. The van der Waals surface area contributed by atoms with Crippen molar-refractivity contribution in [2.45, 2.75) is 38.8 Å². The summed E-state index contributed by atoms with van der Waals surface area (Å²) in [4.78, 5) is 26.0. The van der Waals surface area contributed by atoms with E-state index in [0.717, 1.165) is 24.0 Å². The standard InChI is InChI=1S/C18H21NO4/c1-11-5-7-13(8-6-11)16-15(12(2)20)17(21)18(22)19(16)10-14-4-3-9-23-14/h5-8,14,16,21H,3-4,9-10H2,1-2H3/t14-,16+/m0/s1. The van der Waals surface area contributed by atoms with Crippen molar-refractivity contribution < 1.29 is 19.4 Å². The first-order valence-corrected chi connectivity index (χ1v) is 7.92. The maximum Gasteiger partial charge on any atom is 0.290 e. The maximum absolute atomic E-state index is 12.5. The second kappa shape index (κ2) is 6.16.